The molecule has 0 N–H and O–H groups in total. The van der Waals surface area contributed by atoms with Gasteiger partial charge < -0.3 is 4.74 Å². The van der Waals surface area contributed by atoms with Gasteiger partial charge >= 0.3 is 6.09 Å². The quantitative estimate of drug-likeness (QED) is 0.849. The van der Waals surface area contributed by atoms with E-state index < -0.39 is 17.5 Å². The van der Waals surface area contributed by atoms with Gasteiger partial charge in [0.05, 0.1) is 23.8 Å². The van der Waals surface area contributed by atoms with Gasteiger partial charge in [0.15, 0.2) is 5.82 Å². The summed E-state index contributed by atoms with van der Waals surface area (Å²) in [7, 11) is 1.56. The lowest BCUT2D eigenvalue weighted by atomic mass is 10.2. The summed E-state index contributed by atoms with van der Waals surface area (Å²) < 4.78 is 18.5. The first-order valence-electron chi connectivity index (χ1n) is 7.08. The molecule has 7 heteroatoms. The largest absolute Gasteiger partial charge is 0.443 e. The highest BCUT2D eigenvalue weighted by Gasteiger charge is 2.23. The lowest BCUT2D eigenvalue weighted by Crippen LogP contribution is -2.35. The van der Waals surface area contributed by atoms with Crippen molar-refractivity contribution in [1.82, 2.24) is 15.0 Å². The van der Waals surface area contributed by atoms with E-state index in [1.54, 1.807) is 34.7 Å². The Bertz CT molecular complexity index is 728. The lowest BCUT2D eigenvalue weighted by Gasteiger charge is -2.24. The molecule has 0 bridgehead atoms. The molecule has 0 saturated heterocycles. The normalized spacial score (nSPS) is 11.2. The topological polar surface area (TPSA) is 68.2 Å². The molecule has 0 aliphatic carbocycles. The molecule has 122 valence electrons. The van der Waals surface area contributed by atoms with Crippen LogP contribution in [0.2, 0.25) is 0 Å². The number of amides is 1. The van der Waals surface area contributed by atoms with Crippen LogP contribution in [0.3, 0.4) is 0 Å². The highest BCUT2D eigenvalue weighted by molar-refractivity contribution is 5.86. The third-order valence-electron chi connectivity index (χ3n) is 2.91. The van der Waals surface area contributed by atoms with Crippen molar-refractivity contribution < 1.29 is 13.9 Å². The molecule has 2 heterocycles. The van der Waals surface area contributed by atoms with Crippen LogP contribution in [0.25, 0.3) is 11.3 Å². The van der Waals surface area contributed by atoms with Gasteiger partial charge in [0, 0.05) is 18.8 Å². The minimum atomic E-state index is -0.597. The molecule has 6 nitrogen and oxygen atoms in total. The van der Waals surface area contributed by atoms with Crippen molar-refractivity contribution in [2.75, 3.05) is 11.9 Å². The van der Waals surface area contributed by atoms with Gasteiger partial charge in [-0.25, -0.2) is 19.2 Å². The molecular weight excluding hydrogens is 299 g/mol. The predicted molar refractivity (Wildman–Crippen MR) is 84.6 cm³/mol. The summed E-state index contributed by atoms with van der Waals surface area (Å²) in [5.74, 6) is -0.0655. The second-order valence-corrected chi connectivity index (χ2v) is 6.10. The number of carbonyl (C=O) groups is 1. The highest BCUT2D eigenvalue weighted by atomic mass is 19.1. The summed E-state index contributed by atoms with van der Waals surface area (Å²) in [5, 5.41) is 0. The van der Waals surface area contributed by atoms with Crippen molar-refractivity contribution in [2.45, 2.75) is 33.3 Å². The smallest absolute Gasteiger partial charge is 0.415 e. The Hall–Kier alpha value is -2.57. The predicted octanol–water partition coefficient (Wildman–Crippen LogP) is 3.36. The molecule has 2 rings (SSSR count). The molecule has 23 heavy (non-hydrogen) atoms. The molecule has 0 atom stereocenters. The number of nitrogens with zero attached hydrogens (tertiary/aromatic N) is 4. The Morgan fingerprint density at radius 3 is 2.52 bits per heavy atom. The highest BCUT2D eigenvalue weighted by Crippen LogP contribution is 2.22. The molecule has 0 saturated carbocycles. The summed E-state index contributed by atoms with van der Waals surface area (Å²) in [6, 6.07) is 1.33. The van der Waals surface area contributed by atoms with Crippen molar-refractivity contribution in [3.05, 3.63) is 36.2 Å². The van der Waals surface area contributed by atoms with Gasteiger partial charge in [-0.05, 0) is 33.8 Å². The number of aromatic nitrogens is 3. The summed E-state index contributed by atoms with van der Waals surface area (Å²) in [6.45, 7) is 7.09. The zero-order valence-electron chi connectivity index (χ0n) is 13.8. The van der Waals surface area contributed by atoms with Crippen molar-refractivity contribution in [3.8, 4) is 11.3 Å². The van der Waals surface area contributed by atoms with Crippen LogP contribution in [0.1, 0.15) is 26.5 Å². The van der Waals surface area contributed by atoms with Crippen LogP contribution >= 0.6 is 0 Å². The van der Waals surface area contributed by atoms with E-state index in [1.165, 1.54) is 23.4 Å². The van der Waals surface area contributed by atoms with E-state index in [4.69, 9.17) is 4.74 Å². The van der Waals surface area contributed by atoms with Gasteiger partial charge in [0.2, 0.25) is 0 Å². The van der Waals surface area contributed by atoms with E-state index in [2.05, 4.69) is 15.0 Å². The van der Waals surface area contributed by atoms with Crippen molar-refractivity contribution in [3.63, 3.8) is 0 Å². The van der Waals surface area contributed by atoms with Crippen molar-refractivity contribution in [1.29, 1.82) is 0 Å². The average Bonchev–Trinajstić information content (AvgIpc) is 2.44. The monoisotopic (exact) mass is 318 g/mol. The van der Waals surface area contributed by atoms with Crippen molar-refractivity contribution in [2.24, 2.45) is 0 Å². The molecule has 0 aliphatic rings. The SMILES string of the molecule is Cc1nc(-c2cncc(F)c2)cnc1N(C)C(=O)OC(C)(C)C. The fraction of sp³-hybridized carbons (Fsp3) is 0.375. The second-order valence-electron chi connectivity index (χ2n) is 6.10. The van der Waals surface area contributed by atoms with Crippen LogP contribution in [0, 0.1) is 12.7 Å². The molecular formula is C16H19FN4O2. The average molecular weight is 318 g/mol. The summed E-state index contributed by atoms with van der Waals surface area (Å²) in [4.78, 5) is 25.8. The summed E-state index contributed by atoms with van der Waals surface area (Å²) in [6.07, 6.45) is 3.58. The van der Waals surface area contributed by atoms with E-state index >= 15 is 0 Å². The number of hydrogen-bond donors (Lipinski definition) is 0. The number of halogens is 1. The first kappa shape index (κ1) is 16.8. The number of aryl methyl sites for hydroxylation is 1. The Morgan fingerprint density at radius 2 is 1.96 bits per heavy atom. The van der Waals surface area contributed by atoms with E-state index in [1.807, 2.05) is 0 Å². The van der Waals surface area contributed by atoms with Crippen LogP contribution < -0.4 is 4.90 Å². The van der Waals surface area contributed by atoms with Crippen LogP contribution in [0.5, 0.6) is 0 Å². The Kier molecular flexibility index (Phi) is 4.58. The minimum Gasteiger partial charge on any atom is -0.443 e. The van der Waals surface area contributed by atoms with Gasteiger partial charge in [0.25, 0.3) is 0 Å². The first-order chi connectivity index (χ1) is 10.7. The molecule has 0 radical (unpaired) electrons. The number of rotatable bonds is 2. The maximum Gasteiger partial charge on any atom is 0.415 e. The standard InChI is InChI=1S/C16H19FN4O2/c1-10-14(21(5)15(22)23-16(2,3)4)19-9-13(20-10)11-6-12(17)8-18-7-11/h6-9H,1-5H3. The van der Waals surface area contributed by atoms with E-state index in [0.29, 0.717) is 22.8 Å². The number of anilines is 1. The summed E-state index contributed by atoms with van der Waals surface area (Å²) in [5.41, 5.74) is 0.933. The molecule has 1 amide bonds. The lowest BCUT2D eigenvalue weighted by molar-refractivity contribution is 0.0588. The Labute approximate surface area is 134 Å². The third kappa shape index (κ3) is 4.21. The number of hydrogen-bond acceptors (Lipinski definition) is 5. The number of pyridine rings is 1. The van der Waals surface area contributed by atoms with Gasteiger partial charge in [-0.3, -0.25) is 9.88 Å². The zero-order valence-corrected chi connectivity index (χ0v) is 13.8. The number of ether oxygens (including phenoxy) is 1. The van der Waals surface area contributed by atoms with E-state index in [0.717, 1.165) is 6.20 Å². The minimum absolute atomic E-state index is 0.382. The second kappa shape index (κ2) is 6.28. The molecule has 2 aromatic rings. The van der Waals surface area contributed by atoms with Crippen LogP contribution in [0.15, 0.2) is 24.7 Å². The van der Waals surface area contributed by atoms with E-state index in [9.17, 15) is 9.18 Å². The molecule has 0 aliphatic heterocycles. The molecule has 2 aromatic heterocycles. The summed E-state index contributed by atoms with van der Waals surface area (Å²) >= 11 is 0. The molecule has 0 spiro atoms. The van der Waals surface area contributed by atoms with Gasteiger partial charge in [0.1, 0.15) is 11.4 Å². The Balaban J connectivity index is 2.27. The first-order valence-corrected chi connectivity index (χ1v) is 7.08. The van der Waals surface area contributed by atoms with Crippen LogP contribution in [-0.2, 0) is 4.74 Å². The number of carbonyl (C=O) groups excluding carboxylic acids is 1. The van der Waals surface area contributed by atoms with Gasteiger partial charge in [-0.2, -0.15) is 0 Å². The van der Waals surface area contributed by atoms with Crippen LogP contribution in [0.4, 0.5) is 15.0 Å². The maximum atomic E-state index is 13.2. The maximum absolute atomic E-state index is 13.2. The molecule has 0 fully saturated rings. The molecule has 0 unspecified atom stereocenters. The fourth-order valence-corrected chi connectivity index (χ4v) is 1.91. The Morgan fingerprint density at radius 1 is 1.26 bits per heavy atom. The zero-order chi connectivity index (χ0) is 17.2. The van der Waals surface area contributed by atoms with Gasteiger partial charge in [-0.15, -0.1) is 0 Å². The van der Waals surface area contributed by atoms with Crippen molar-refractivity contribution >= 4 is 11.9 Å². The molecule has 0 aromatic carbocycles. The fourth-order valence-electron chi connectivity index (χ4n) is 1.91. The van der Waals surface area contributed by atoms with Gasteiger partial charge in [-0.1, -0.05) is 0 Å². The third-order valence-corrected chi connectivity index (χ3v) is 2.91. The van der Waals surface area contributed by atoms with E-state index in [-0.39, 0.29) is 0 Å². The van der Waals surface area contributed by atoms with Crippen LogP contribution in [-0.4, -0.2) is 33.7 Å².